The Hall–Kier alpha value is -4.18. The third-order valence-electron chi connectivity index (χ3n) is 6.50. The van der Waals surface area contributed by atoms with Gasteiger partial charge in [-0.3, -0.25) is 9.98 Å². The fraction of sp³-hybridized carbons (Fsp3) is 0.257. The van der Waals surface area contributed by atoms with Crippen molar-refractivity contribution in [2.45, 2.75) is 53.9 Å². The van der Waals surface area contributed by atoms with Crippen molar-refractivity contribution in [1.29, 1.82) is 0 Å². The Kier molecular flexibility index (Phi) is 9.13. The topological polar surface area (TPSA) is 65.2 Å². The standard InChI is InChI=1S/C35H40N2O2/c1-9-24(32(38)30(10-2)34(3,4)5)22-36-28-18-14-25(15-19-28)26-16-20-29(21-17-26)37-23-27-12-11-13-31(33(27)39)35(6,7)8/h9-23,38-39H,2H2,1,3-8H3/b24-9-,32-30-,36-22?,37-23?. The highest BCUT2D eigenvalue weighted by Crippen LogP contribution is 2.33. The van der Waals surface area contributed by atoms with Crippen LogP contribution in [0.5, 0.6) is 5.75 Å². The summed E-state index contributed by atoms with van der Waals surface area (Å²) in [5.74, 6) is 0.469. The van der Waals surface area contributed by atoms with Gasteiger partial charge in [0.2, 0.25) is 0 Å². The maximum absolute atomic E-state index is 10.8. The lowest BCUT2D eigenvalue weighted by molar-refractivity contribution is 0.394. The molecule has 3 rings (SSSR count). The molecule has 4 heteroatoms. The number of aliphatic hydroxyl groups excluding tert-OH is 1. The van der Waals surface area contributed by atoms with Crippen LogP contribution in [0.3, 0.4) is 0 Å². The Morgan fingerprint density at radius 1 is 0.795 bits per heavy atom. The minimum absolute atomic E-state index is 0.147. The quantitative estimate of drug-likeness (QED) is 0.185. The summed E-state index contributed by atoms with van der Waals surface area (Å²) in [5.41, 5.74) is 6.39. The Balaban J connectivity index is 1.74. The van der Waals surface area contributed by atoms with Crippen molar-refractivity contribution in [3.8, 4) is 16.9 Å². The van der Waals surface area contributed by atoms with E-state index in [1.165, 1.54) is 0 Å². The lowest BCUT2D eigenvalue weighted by atomic mass is 9.84. The lowest BCUT2D eigenvalue weighted by Gasteiger charge is -2.22. The molecule has 3 aromatic rings. The zero-order chi connectivity index (χ0) is 28.8. The predicted molar refractivity (Wildman–Crippen MR) is 167 cm³/mol. The number of hydrogen-bond acceptors (Lipinski definition) is 4. The van der Waals surface area contributed by atoms with Gasteiger partial charge in [-0.25, -0.2) is 0 Å². The Labute approximate surface area is 233 Å². The zero-order valence-electron chi connectivity index (χ0n) is 24.2. The van der Waals surface area contributed by atoms with E-state index in [-0.39, 0.29) is 22.3 Å². The van der Waals surface area contributed by atoms with Gasteiger partial charge in [0.1, 0.15) is 11.5 Å². The van der Waals surface area contributed by atoms with Gasteiger partial charge in [-0.15, -0.1) is 0 Å². The van der Waals surface area contributed by atoms with Gasteiger partial charge in [-0.05, 0) is 70.3 Å². The van der Waals surface area contributed by atoms with Crippen LogP contribution in [0.15, 0.2) is 112 Å². The SMILES string of the molecule is C=C/C(=C(O)\C(C=Nc1ccc(-c2ccc(N=Cc3cccc(C(C)(C)C)c3O)cc2)cc1)=C/C)C(C)(C)C. The maximum Gasteiger partial charge on any atom is 0.128 e. The van der Waals surface area contributed by atoms with E-state index in [1.807, 2.05) is 101 Å². The fourth-order valence-electron chi connectivity index (χ4n) is 4.22. The monoisotopic (exact) mass is 520 g/mol. The average molecular weight is 521 g/mol. The molecule has 0 aromatic heterocycles. The van der Waals surface area contributed by atoms with E-state index in [9.17, 15) is 10.2 Å². The Morgan fingerprint density at radius 3 is 1.79 bits per heavy atom. The highest BCUT2D eigenvalue weighted by Gasteiger charge is 2.20. The number of aromatic hydroxyl groups is 1. The number of aliphatic hydroxyl groups is 1. The van der Waals surface area contributed by atoms with Gasteiger partial charge in [0.05, 0.1) is 11.4 Å². The summed E-state index contributed by atoms with van der Waals surface area (Å²) in [5, 5.41) is 21.5. The van der Waals surface area contributed by atoms with Gasteiger partial charge in [0.15, 0.2) is 0 Å². The first kappa shape index (κ1) is 29.4. The van der Waals surface area contributed by atoms with E-state index in [0.717, 1.165) is 33.6 Å². The number of nitrogens with zero attached hydrogens (tertiary/aromatic N) is 2. The molecule has 202 valence electrons. The van der Waals surface area contributed by atoms with Gasteiger partial charge >= 0.3 is 0 Å². The second-order valence-electron chi connectivity index (χ2n) is 11.6. The number of hydrogen-bond donors (Lipinski definition) is 2. The molecular formula is C35H40N2O2. The third-order valence-corrected chi connectivity index (χ3v) is 6.50. The smallest absolute Gasteiger partial charge is 0.128 e. The second-order valence-corrected chi connectivity index (χ2v) is 11.6. The summed E-state index contributed by atoms with van der Waals surface area (Å²) in [6.07, 6.45) is 6.93. The number of benzene rings is 3. The number of phenolic OH excluding ortho intramolecular Hbond substituents is 1. The molecule has 2 N–H and O–H groups in total. The average Bonchev–Trinajstić information content (AvgIpc) is 2.88. The minimum Gasteiger partial charge on any atom is -0.507 e. The first-order chi connectivity index (χ1) is 18.3. The summed E-state index contributed by atoms with van der Waals surface area (Å²) in [7, 11) is 0. The van der Waals surface area contributed by atoms with E-state index in [1.54, 1.807) is 18.5 Å². The molecule has 0 radical (unpaired) electrons. The van der Waals surface area contributed by atoms with E-state index in [4.69, 9.17) is 0 Å². The van der Waals surface area contributed by atoms with Crippen molar-refractivity contribution in [2.24, 2.45) is 15.4 Å². The number of phenols is 1. The largest absolute Gasteiger partial charge is 0.507 e. The molecule has 0 heterocycles. The van der Waals surface area contributed by atoms with Crippen LogP contribution < -0.4 is 0 Å². The lowest BCUT2D eigenvalue weighted by Crippen LogP contribution is -2.11. The maximum atomic E-state index is 10.8. The molecular weight excluding hydrogens is 480 g/mol. The fourth-order valence-corrected chi connectivity index (χ4v) is 4.22. The van der Waals surface area contributed by atoms with Crippen LogP contribution in [-0.2, 0) is 5.41 Å². The predicted octanol–water partition coefficient (Wildman–Crippen LogP) is 9.80. The summed E-state index contributed by atoms with van der Waals surface area (Å²) in [6, 6.07) is 21.7. The molecule has 39 heavy (non-hydrogen) atoms. The number of aliphatic imine (C=N–C) groups is 2. The molecule has 0 aliphatic carbocycles. The third kappa shape index (κ3) is 7.44. The van der Waals surface area contributed by atoms with E-state index < -0.39 is 0 Å². The molecule has 0 aliphatic rings. The Bertz CT molecular complexity index is 1420. The highest BCUT2D eigenvalue weighted by atomic mass is 16.3. The summed E-state index contributed by atoms with van der Waals surface area (Å²) in [6.45, 7) is 18.1. The van der Waals surface area contributed by atoms with Crippen LogP contribution in [0, 0.1) is 5.41 Å². The van der Waals surface area contributed by atoms with Crippen molar-refractivity contribution >= 4 is 23.8 Å². The first-order valence-corrected chi connectivity index (χ1v) is 13.2. The molecule has 0 fully saturated rings. The molecule has 3 aromatic carbocycles. The Morgan fingerprint density at radius 2 is 1.33 bits per heavy atom. The van der Waals surface area contributed by atoms with Crippen molar-refractivity contribution in [3.05, 3.63) is 113 Å². The highest BCUT2D eigenvalue weighted by molar-refractivity contribution is 5.87. The van der Waals surface area contributed by atoms with Crippen molar-refractivity contribution < 1.29 is 10.2 Å². The van der Waals surface area contributed by atoms with Crippen LogP contribution in [0.1, 0.15) is 59.6 Å². The minimum atomic E-state index is -0.227. The van der Waals surface area contributed by atoms with Crippen LogP contribution in [0.2, 0.25) is 0 Å². The van der Waals surface area contributed by atoms with Gasteiger partial charge in [0.25, 0.3) is 0 Å². The summed E-state index contributed by atoms with van der Waals surface area (Å²) < 4.78 is 0. The number of para-hydroxylation sites is 1. The van der Waals surface area contributed by atoms with Crippen LogP contribution in [0.25, 0.3) is 11.1 Å². The van der Waals surface area contributed by atoms with Gasteiger partial charge in [-0.2, -0.15) is 0 Å². The first-order valence-electron chi connectivity index (χ1n) is 13.2. The van der Waals surface area contributed by atoms with E-state index >= 15 is 0 Å². The zero-order valence-corrected chi connectivity index (χ0v) is 24.2. The van der Waals surface area contributed by atoms with E-state index in [0.29, 0.717) is 11.1 Å². The molecule has 4 nitrogen and oxygen atoms in total. The molecule has 0 bridgehead atoms. The van der Waals surface area contributed by atoms with Gasteiger partial charge < -0.3 is 10.2 Å². The van der Waals surface area contributed by atoms with Crippen LogP contribution in [0.4, 0.5) is 11.4 Å². The normalized spacial score (nSPS) is 13.7. The van der Waals surface area contributed by atoms with Crippen molar-refractivity contribution in [1.82, 2.24) is 0 Å². The van der Waals surface area contributed by atoms with Crippen LogP contribution >= 0.6 is 0 Å². The number of allylic oxidation sites excluding steroid dienone is 4. The van der Waals surface area contributed by atoms with Gasteiger partial charge in [-0.1, -0.05) is 96.7 Å². The molecule has 0 unspecified atom stereocenters. The molecule has 0 aliphatic heterocycles. The molecule has 0 amide bonds. The molecule has 0 saturated carbocycles. The van der Waals surface area contributed by atoms with Crippen molar-refractivity contribution in [2.75, 3.05) is 0 Å². The summed E-state index contributed by atoms with van der Waals surface area (Å²) in [4.78, 5) is 9.13. The van der Waals surface area contributed by atoms with Gasteiger partial charge in [0, 0.05) is 23.6 Å². The van der Waals surface area contributed by atoms with E-state index in [2.05, 4.69) is 37.3 Å². The summed E-state index contributed by atoms with van der Waals surface area (Å²) >= 11 is 0. The number of rotatable bonds is 7. The van der Waals surface area contributed by atoms with Crippen LogP contribution in [-0.4, -0.2) is 22.6 Å². The van der Waals surface area contributed by atoms with Crippen molar-refractivity contribution in [3.63, 3.8) is 0 Å². The second kappa shape index (κ2) is 12.1. The molecule has 0 saturated heterocycles. The molecule has 0 atom stereocenters. The molecule has 0 spiro atoms.